The number of benzene rings is 2. The molecule has 2 aromatic rings. The van der Waals surface area contributed by atoms with Crippen molar-refractivity contribution in [3.05, 3.63) is 65.7 Å². The molecule has 5 heteroatoms. The zero-order valence-electron chi connectivity index (χ0n) is 12.6. The van der Waals surface area contributed by atoms with E-state index in [9.17, 15) is 9.59 Å². The van der Waals surface area contributed by atoms with E-state index in [4.69, 9.17) is 4.74 Å². The van der Waals surface area contributed by atoms with Gasteiger partial charge in [-0.3, -0.25) is 4.79 Å². The van der Waals surface area contributed by atoms with Crippen LogP contribution in [0.2, 0.25) is 0 Å². The lowest BCUT2D eigenvalue weighted by atomic mass is 10.1. The Morgan fingerprint density at radius 3 is 2.52 bits per heavy atom. The number of hydrogen-bond donors (Lipinski definition) is 2. The van der Waals surface area contributed by atoms with E-state index in [2.05, 4.69) is 10.6 Å². The molecule has 5 nitrogen and oxygen atoms in total. The van der Waals surface area contributed by atoms with Crippen molar-refractivity contribution in [2.45, 2.75) is 18.9 Å². The van der Waals surface area contributed by atoms with Gasteiger partial charge in [0.15, 0.2) is 0 Å². The van der Waals surface area contributed by atoms with Crippen LogP contribution >= 0.6 is 0 Å². The van der Waals surface area contributed by atoms with Gasteiger partial charge >= 0.3 is 6.09 Å². The maximum Gasteiger partial charge on any atom is 0.407 e. The van der Waals surface area contributed by atoms with Gasteiger partial charge in [-0.05, 0) is 29.7 Å². The van der Waals surface area contributed by atoms with Crippen molar-refractivity contribution in [2.24, 2.45) is 0 Å². The number of carbonyl (C=O) groups is 2. The van der Waals surface area contributed by atoms with Gasteiger partial charge in [0.05, 0.1) is 6.54 Å². The van der Waals surface area contributed by atoms with E-state index in [-0.39, 0.29) is 12.0 Å². The molecule has 1 aliphatic heterocycles. The van der Waals surface area contributed by atoms with Gasteiger partial charge in [0.1, 0.15) is 6.10 Å². The Hall–Kier alpha value is -2.82. The highest BCUT2D eigenvalue weighted by atomic mass is 16.6. The fraction of sp³-hybridized carbons (Fsp3) is 0.222. The number of ether oxygens (including phenoxy) is 1. The molecule has 1 fully saturated rings. The minimum absolute atomic E-state index is 0.0180. The van der Waals surface area contributed by atoms with Gasteiger partial charge in [-0.15, -0.1) is 0 Å². The van der Waals surface area contributed by atoms with Gasteiger partial charge in [-0.25, -0.2) is 4.79 Å². The second kappa shape index (κ2) is 6.96. The summed E-state index contributed by atoms with van der Waals surface area (Å²) in [7, 11) is 0. The molecule has 23 heavy (non-hydrogen) atoms. The van der Waals surface area contributed by atoms with Crippen molar-refractivity contribution in [2.75, 3.05) is 11.9 Å². The van der Waals surface area contributed by atoms with E-state index in [0.29, 0.717) is 19.4 Å². The van der Waals surface area contributed by atoms with Crippen LogP contribution in [0.5, 0.6) is 0 Å². The summed E-state index contributed by atoms with van der Waals surface area (Å²) in [5.74, 6) is -0.0180. The molecule has 0 radical (unpaired) electrons. The van der Waals surface area contributed by atoms with E-state index in [1.165, 1.54) is 0 Å². The van der Waals surface area contributed by atoms with Crippen LogP contribution in [0.25, 0.3) is 0 Å². The predicted molar refractivity (Wildman–Crippen MR) is 87.1 cm³/mol. The molecule has 1 heterocycles. The van der Waals surface area contributed by atoms with Crippen LogP contribution < -0.4 is 10.6 Å². The number of amides is 2. The van der Waals surface area contributed by atoms with E-state index in [1.807, 2.05) is 54.6 Å². The fourth-order valence-electron chi connectivity index (χ4n) is 2.48. The average Bonchev–Trinajstić information content (AvgIpc) is 3.01. The monoisotopic (exact) mass is 310 g/mol. The third kappa shape index (κ3) is 4.10. The van der Waals surface area contributed by atoms with E-state index in [0.717, 1.165) is 16.8 Å². The number of carbonyl (C=O) groups excluding carboxylic acids is 2. The second-order valence-electron chi connectivity index (χ2n) is 5.43. The molecule has 0 spiro atoms. The number of hydrogen-bond acceptors (Lipinski definition) is 3. The Bertz CT molecular complexity index is 683. The zero-order chi connectivity index (χ0) is 16.1. The molecule has 2 N–H and O–H groups in total. The Morgan fingerprint density at radius 1 is 1.13 bits per heavy atom. The van der Waals surface area contributed by atoms with Gasteiger partial charge < -0.3 is 15.4 Å². The Kier molecular flexibility index (Phi) is 4.57. The van der Waals surface area contributed by atoms with E-state index >= 15 is 0 Å². The van der Waals surface area contributed by atoms with Gasteiger partial charge in [-0.2, -0.15) is 0 Å². The molecular weight excluding hydrogens is 292 g/mol. The third-order valence-corrected chi connectivity index (χ3v) is 3.73. The molecule has 2 aromatic carbocycles. The average molecular weight is 310 g/mol. The quantitative estimate of drug-likeness (QED) is 0.892. The van der Waals surface area contributed by atoms with Crippen LogP contribution in [-0.2, 0) is 16.0 Å². The first-order chi connectivity index (χ1) is 11.2. The summed E-state index contributed by atoms with van der Waals surface area (Å²) in [5, 5.41) is 5.49. The summed E-state index contributed by atoms with van der Waals surface area (Å²) in [4.78, 5) is 23.0. The lowest BCUT2D eigenvalue weighted by molar-refractivity contribution is -0.116. The van der Waals surface area contributed by atoms with Crippen molar-refractivity contribution < 1.29 is 14.3 Å². The van der Waals surface area contributed by atoms with Crippen LogP contribution in [0.1, 0.15) is 23.7 Å². The van der Waals surface area contributed by atoms with Gasteiger partial charge in [0.25, 0.3) is 0 Å². The van der Waals surface area contributed by atoms with Gasteiger partial charge in [-0.1, -0.05) is 42.5 Å². The minimum Gasteiger partial charge on any atom is -0.439 e. The van der Waals surface area contributed by atoms with Crippen LogP contribution in [0, 0.1) is 0 Å². The molecule has 1 aliphatic rings. The summed E-state index contributed by atoms with van der Waals surface area (Å²) in [6.45, 7) is 0.474. The number of aryl methyl sites for hydroxylation is 1. The molecule has 2 amide bonds. The number of anilines is 1. The van der Waals surface area contributed by atoms with E-state index in [1.54, 1.807) is 0 Å². The molecule has 0 saturated carbocycles. The lowest BCUT2D eigenvalue weighted by Gasteiger charge is -2.10. The third-order valence-electron chi connectivity index (χ3n) is 3.73. The normalized spacial score (nSPS) is 16.5. The maximum absolute atomic E-state index is 12.0. The summed E-state index contributed by atoms with van der Waals surface area (Å²) in [6, 6.07) is 17.3. The van der Waals surface area contributed by atoms with E-state index < -0.39 is 6.09 Å². The summed E-state index contributed by atoms with van der Waals surface area (Å²) in [5.41, 5.74) is 2.79. The van der Waals surface area contributed by atoms with Crippen molar-refractivity contribution in [1.82, 2.24) is 5.32 Å². The topological polar surface area (TPSA) is 67.4 Å². The van der Waals surface area contributed by atoms with Crippen molar-refractivity contribution in [1.29, 1.82) is 0 Å². The van der Waals surface area contributed by atoms with Crippen molar-refractivity contribution in [3.63, 3.8) is 0 Å². The molecule has 118 valence electrons. The predicted octanol–water partition coefficient (Wildman–Crippen LogP) is 3.04. The molecule has 0 bridgehead atoms. The first kappa shape index (κ1) is 15.1. The Morgan fingerprint density at radius 2 is 1.87 bits per heavy atom. The van der Waals surface area contributed by atoms with Crippen molar-refractivity contribution in [3.8, 4) is 0 Å². The van der Waals surface area contributed by atoms with Crippen LogP contribution in [0.15, 0.2) is 54.6 Å². The minimum atomic E-state index is -0.395. The van der Waals surface area contributed by atoms with Crippen LogP contribution in [0.3, 0.4) is 0 Å². The number of cyclic esters (lactones) is 1. The highest BCUT2D eigenvalue weighted by Crippen LogP contribution is 2.22. The largest absolute Gasteiger partial charge is 0.439 e. The first-order valence-corrected chi connectivity index (χ1v) is 7.59. The number of rotatable bonds is 5. The molecule has 1 saturated heterocycles. The Balaban J connectivity index is 1.51. The summed E-state index contributed by atoms with van der Waals surface area (Å²) >= 11 is 0. The van der Waals surface area contributed by atoms with Crippen LogP contribution in [-0.4, -0.2) is 18.5 Å². The van der Waals surface area contributed by atoms with Gasteiger partial charge in [0, 0.05) is 12.1 Å². The SMILES string of the molecule is O=C(CCc1ccccc1)Nc1ccc(C2CNC(=O)O2)cc1. The molecule has 3 rings (SSSR count). The van der Waals surface area contributed by atoms with Crippen LogP contribution in [0.4, 0.5) is 10.5 Å². The molecule has 1 atom stereocenters. The molecule has 0 aromatic heterocycles. The lowest BCUT2D eigenvalue weighted by Crippen LogP contribution is -2.13. The molecule has 1 unspecified atom stereocenters. The smallest absolute Gasteiger partial charge is 0.407 e. The highest BCUT2D eigenvalue weighted by molar-refractivity contribution is 5.90. The number of alkyl carbamates (subject to hydrolysis) is 1. The van der Waals surface area contributed by atoms with Crippen molar-refractivity contribution >= 4 is 17.7 Å². The second-order valence-corrected chi connectivity index (χ2v) is 5.43. The highest BCUT2D eigenvalue weighted by Gasteiger charge is 2.23. The zero-order valence-corrected chi connectivity index (χ0v) is 12.6. The maximum atomic E-state index is 12.0. The molecule has 0 aliphatic carbocycles. The summed E-state index contributed by atoms with van der Waals surface area (Å²) < 4.78 is 5.12. The standard InChI is InChI=1S/C18H18N2O3/c21-17(11-6-13-4-2-1-3-5-13)20-15-9-7-14(8-10-15)16-12-19-18(22)23-16/h1-5,7-10,16H,6,11-12H2,(H,19,22)(H,20,21). The first-order valence-electron chi connectivity index (χ1n) is 7.59. The fourth-order valence-corrected chi connectivity index (χ4v) is 2.48. The summed E-state index contributed by atoms with van der Waals surface area (Å²) in [6.07, 6.45) is 0.503. The van der Waals surface area contributed by atoms with Gasteiger partial charge in [0.2, 0.25) is 5.91 Å². The molecular formula is C18H18N2O3. The Labute approximate surface area is 134 Å². The number of nitrogens with one attached hydrogen (secondary N) is 2.